The van der Waals surface area contributed by atoms with Crippen molar-refractivity contribution < 1.29 is 4.79 Å². The van der Waals surface area contributed by atoms with Crippen molar-refractivity contribution >= 4 is 47.4 Å². The predicted molar refractivity (Wildman–Crippen MR) is 139 cm³/mol. The number of aryl methyl sites for hydroxylation is 1. The van der Waals surface area contributed by atoms with Crippen LogP contribution < -0.4 is 10.6 Å². The third-order valence-electron chi connectivity index (χ3n) is 5.44. The van der Waals surface area contributed by atoms with Crippen LogP contribution in [0.1, 0.15) is 24.0 Å². The lowest BCUT2D eigenvalue weighted by Gasteiger charge is -2.18. The van der Waals surface area contributed by atoms with E-state index in [1.165, 1.54) is 11.1 Å². The van der Waals surface area contributed by atoms with Gasteiger partial charge in [-0.25, -0.2) is 0 Å². The van der Waals surface area contributed by atoms with Gasteiger partial charge in [0.1, 0.15) is 0 Å². The molecule has 1 unspecified atom stereocenters. The number of amides is 1. The van der Waals surface area contributed by atoms with Crippen LogP contribution in [0.25, 0.3) is 0 Å². The second-order valence-electron chi connectivity index (χ2n) is 7.76. The molecule has 1 aliphatic heterocycles. The van der Waals surface area contributed by atoms with Gasteiger partial charge in [-0.3, -0.25) is 9.79 Å². The van der Waals surface area contributed by atoms with E-state index >= 15 is 0 Å². The Morgan fingerprint density at radius 2 is 1.77 bits per heavy atom. The summed E-state index contributed by atoms with van der Waals surface area (Å²) in [4.78, 5) is 18.6. The van der Waals surface area contributed by atoms with Gasteiger partial charge in [-0.15, -0.1) is 24.0 Å². The Bertz CT molecular complexity index is 829. The van der Waals surface area contributed by atoms with E-state index in [2.05, 4.69) is 39.9 Å². The van der Waals surface area contributed by atoms with Gasteiger partial charge in [-0.05, 0) is 42.5 Å². The smallest absolute Gasteiger partial charge is 0.223 e. The number of halogens is 2. The van der Waals surface area contributed by atoms with Crippen LogP contribution in [0.3, 0.4) is 0 Å². The van der Waals surface area contributed by atoms with Crippen molar-refractivity contribution in [3.8, 4) is 0 Å². The van der Waals surface area contributed by atoms with Crippen LogP contribution in [0.5, 0.6) is 0 Å². The molecule has 1 saturated heterocycles. The Labute approximate surface area is 207 Å². The lowest BCUT2D eigenvalue weighted by Crippen LogP contribution is -2.40. The second kappa shape index (κ2) is 13.6. The van der Waals surface area contributed by atoms with E-state index in [9.17, 15) is 4.79 Å². The fourth-order valence-corrected chi connectivity index (χ4v) is 3.85. The van der Waals surface area contributed by atoms with Crippen molar-refractivity contribution in [3.05, 3.63) is 70.7 Å². The first-order valence-electron chi connectivity index (χ1n) is 10.6. The number of hydrogen-bond acceptors (Lipinski definition) is 2. The van der Waals surface area contributed by atoms with Crippen LogP contribution in [0.4, 0.5) is 0 Å². The summed E-state index contributed by atoms with van der Waals surface area (Å²) in [6, 6.07) is 18.3. The van der Waals surface area contributed by atoms with Crippen molar-refractivity contribution in [1.82, 2.24) is 15.5 Å². The highest BCUT2D eigenvalue weighted by Crippen LogP contribution is 2.17. The van der Waals surface area contributed by atoms with E-state index in [0.29, 0.717) is 12.3 Å². The number of rotatable bonds is 9. The average molecular weight is 555 g/mol. The summed E-state index contributed by atoms with van der Waals surface area (Å²) in [6.45, 7) is 3.20. The maximum absolute atomic E-state index is 12.3. The van der Waals surface area contributed by atoms with E-state index in [4.69, 9.17) is 11.6 Å². The van der Waals surface area contributed by atoms with Crippen molar-refractivity contribution in [1.29, 1.82) is 0 Å². The maximum Gasteiger partial charge on any atom is 0.223 e. The minimum atomic E-state index is 0. The molecule has 2 N–H and O–H groups in total. The number of carbonyl (C=O) groups excluding carboxylic acids is 1. The molecule has 0 saturated carbocycles. The molecule has 1 atom stereocenters. The van der Waals surface area contributed by atoms with Gasteiger partial charge in [-0.1, -0.05) is 54.1 Å². The number of benzene rings is 2. The minimum absolute atomic E-state index is 0. The Balaban J connectivity index is 0.00000341. The summed E-state index contributed by atoms with van der Waals surface area (Å²) in [6.07, 6.45) is 3.52. The zero-order chi connectivity index (χ0) is 21.2. The Hall–Kier alpha value is -1.80. The summed E-state index contributed by atoms with van der Waals surface area (Å²) in [7, 11) is 1.78. The van der Waals surface area contributed by atoms with E-state index in [-0.39, 0.29) is 29.9 Å². The predicted octanol–water partition coefficient (Wildman–Crippen LogP) is 4.15. The first-order chi connectivity index (χ1) is 14.6. The van der Waals surface area contributed by atoms with E-state index in [0.717, 1.165) is 56.4 Å². The molecule has 0 aliphatic carbocycles. The molecule has 0 radical (unpaired) electrons. The van der Waals surface area contributed by atoms with E-state index in [1.807, 2.05) is 35.2 Å². The fraction of sp³-hybridized carbons (Fsp3) is 0.417. The standard InChI is InChI=1S/C24H31ClN4O.HI/c1-26-24(27-14-5-8-20-9-11-22(25)12-10-20)28-17-21-16-23(30)29(18-21)15-13-19-6-3-2-4-7-19;/h2-4,6-7,9-12,21H,5,8,13-18H2,1H3,(H2,26,27,28);1H. The molecule has 1 fully saturated rings. The molecule has 0 spiro atoms. The second-order valence-corrected chi connectivity index (χ2v) is 8.19. The molecule has 31 heavy (non-hydrogen) atoms. The number of guanidine groups is 1. The SMILES string of the molecule is CN=C(NCCCc1ccc(Cl)cc1)NCC1CC(=O)N(CCc2ccccc2)C1.I. The monoisotopic (exact) mass is 554 g/mol. The van der Waals surface area contributed by atoms with Gasteiger partial charge < -0.3 is 15.5 Å². The molecule has 0 bridgehead atoms. The van der Waals surface area contributed by atoms with Crippen LogP contribution in [0.2, 0.25) is 5.02 Å². The number of nitrogens with one attached hydrogen (secondary N) is 2. The molecule has 1 aliphatic rings. The normalized spacial score (nSPS) is 16.2. The van der Waals surface area contributed by atoms with Gasteiger partial charge in [0.2, 0.25) is 5.91 Å². The third-order valence-corrected chi connectivity index (χ3v) is 5.69. The molecule has 1 heterocycles. The number of nitrogens with zero attached hydrogens (tertiary/aromatic N) is 2. The van der Waals surface area contributed by atoms with Crippen LogP contribution in [0, 0.1) is 5.92 Å². The molecule has 5 nitrogen and oxygen atoms in total. The molecular formula is C24H32ClIN4O. The molecule has 168 valence electrons. The topological polar surface area (TPSA) is 56.7 Å². The molecule has 7 heteroatoms. The lowest BCUT2D eigenvalue weighted by molar-refractivity contribution is -0.127. The highest BCUT2D eigenvalue weighted by Gasteiger charge is 2.29. The lowest BCUT2D eigenvalue weighted by atomic mass is 10.1. The fourth-order valence-electron chi connectivity index (χ4n) is 3.73. The zero-order valence-corrected chi connectivity index (χ0v) is 21.1. The number of carbonyl (C=O) groups is 1. The van der Waals surface area contributed by atoms with Crippen LogP contribution in [-0.4, -0.2) is 50.0 Å². The van der Waals surface area contributed by atoms with Gasteiger partial charge in [0.15, 0.2) is 5.96 Å². The van der Waals surface area contributed by atoms with Crippen LogP contribution >= 0.6 is 35.6 Å². The van der Waals surface area contributed by atoms with Crippen LogP contribution in [0.15, 0.2) is 59.6 Å². The molecule has 2 aromatic carbocycles. The van der Waals surface area contributed by atoms with Gasteiger partial charge in [0.05, 0.1) is 0 Å². The number of likely N-dealkylation sites (tertiary alicyclic amines) is 1. The third kappa shape index (κ3) is 8.69. The Morgan fingerprint density at radius 1 is 1.06 bits per heavy atom. The number of aliphatic imine (C=N–C) groups is 1. The average Bonchev–Trinajstić information content (AvgIpc) is 3.13. The highest BCUT2D eigenvalue weighted by atomic mass is 127. The first-order valence-corrected chi connectivity index (χ1v) is 11.0. The molecular weight excluding hydrogens is 523 g/mol. The van der Waals surface area contributed by atoms with Crippen molar-refractivity contribution in [2.75, 3.05) is 33.2 Å². The Morgan fingerprint density at radius 3 is 2.48 bits per heavy atom. The molecule has 1 amide bonds. The van der Waals surface area contributed by atoms with Gasteiger partial charge in [0.25, 0.3) is 0 Å². The molecule has 3 rings (SSSR count). The maximum atomic E-state index is 12.3. The summed E-state index contributed by atoms with van der Waals surface area (Å²) >= 11 is 5.93. The van der Waals surface area contributed by atoms with Crippen molar-refractivity contribution in [2.24, 2.45) is 10.9 Å². The van der Waals surface area contributed by atoms with Gasteiger partial charge in [0, 0.05) is 50.6 Å². The molecule has 0 aromatic heterocycles. The largest absolute Gasteiger partial charge is 0.356 e. The van der Waals surface area contributed by atoms with E-state index in [1.54, 1.807) is 7.05 Å². The minimum Gasteiger partial charge on any atom is -0.356 e. The van der Waals surface area contributed by atoms with E-state index < -0.39 is 0 Å². The molecule has 2 aromatic rings. The summed E-state index contributed by atoms with van der Waals surface area (Å²) in [5.41, 5.74) is 2.55. The number of hydrogen-bond donors (Lipinski definition) is 2. The van der Waals surface area contributed by atoms with Crippen molar-refractivity contribution in [2.45, 2.75) is 25.7 Å². The van der Waals surface area contributed by atoms with Gasteiger partial charge >= 0.3 is 0 Å². The first kappa shape index (κ1) is 25.5. The quantitative estimate of drug-likeness (QED) is 0.212. The highest BCUT2D eigenvalue weighted by molar-refractivity contribution is 14.0. The Kier molecular flexibility index (Phi) is 11.2. The summed E-state index contributed by atoms with van der Waals surface area (Å²) in [5.74, 6) is 1.37. The zero-order valence-electron chi connectivity index (χ0n) is 18.0. The van der Waals surface area contributed by atoms with Crippen molar-refractivity contribution in [3.63, 3.8) is 0 Å². The summed E-state index contributed by atoms with van der Waals surface area (Å²) < 4.78 is 0. The van der Waals surface area contributed by atoms with Gasteiger partial charge in [-0.2, -0.15) is 0 Å². The van der Waals surface area contributed by atoms with Crippen LogP contribution in [-0.2, 0) is 17.6 Å². The summed E-state index contributed by atoms with van der Waals surface area (Å²) in [5, 5.41) is 7.50.